The van der Waals surface area contributed by atoms with Gasteiger partial charge in [0.1, 0.15) is 5.82 Å². The van der Waals surface area contributed by atoms with E-state index in [1.165, 1.54) is 19.3 Å². The lowest BCUT2D eigenvalue weighted by atomic mass is 9.75. The number of amides is 1. The van der Waals surface area contributed by atoms with Crippen LogP contribution >= 0.6 is 0 Å². The topological polar surface area (TPSA) is 45.2 Å². The fraction of sp³-hybridized carbons (Fsp3) is 0.684. The van der Waals surface area contributed by atoms with Crippen molar-refractivity contribution < 1.29 is 4.79 Å². The second kappa shape index (κ2) is 6.90. The summed E-state index contributed by atoms with van der Waals surface area (Å²) in [6, 6.07) is 4.20. The van der Waals surface area contributed by atoms with Crippen molar-refractivity contribution >= 4 is 11.7 Å². The maximum atomic E-state index is 12.8. The largest absolute Gasteiger partial charge is 0.367 e. The van der Waals surface area contributed by atoms with E-state index in [-0.39, 0.29) is 5.91 Å². The molecule has 1 aliphatic heterocycles. The number of anilines is 1. The van der Waals surface area contributed by atoms with Crippen LogP contribution in [0.25, 0.3) is 0 Å². The first-order chi connectivity index (χ1) is 11.1. The fourth-order valence-electron chi connectivity index (χ4n) is 3.97. The average Bonchev–Trinajstić information content (AvgIpc) is 2.55. The van der Waals surface area contributed by atoms with Gasteiger partial charge in [-0.2, -0.15) is 0 Å². The molecule has 1 saturated heterocycles. The molecule has 0 aromatic carbocycles. The molecule has 1 aromatic rings. The molecule has 126 valence electrons. The first kappa shape index (κ1) is 16.3. The average molecular weight is 315 g/mol. The van der Waals surface area contributed by atoms with Crippen LogP contribution in [-0.4, -0.2) is 34.9 Å². The van der Waals surface area contributed by atoms with Crippen LogP contribution in [0.1, 0.15) is 69.2 Å². The predicted molar refractivity (Wildman–Crippen MR) is 93.7 cm³/mol. The monoisotopic (exact) mass is 315 g/mol. The number of carbonyl (C=O) groups excluding carboxylic acids is 1. The normalized spacial score (nSPS) is 24.3. The second-order valence-corrected chi connectivity index (χ2v) is 7.85. The van der Waals surface area contributed by atoms with Crippen molar-refractivity contribution in [1.82, 2.24) is 9.88 Å². The van der Waals surface area contributed by atoms with Gasteiger partial charge in [-0.3, -0.25) is 4.79 Å². The molecule has 0 bridgehead atoms. The Morgan fingerprint density at radius 2 is 2.04 bits per heavy atom. The molecule has 1 aromatic heterocycles. The third-order valence-corrected chi connectivity index (χ3v) is 5.23. The van der Waals surface area contributed by atoms with Crippen molar-refractivity contribution in [2.24, 2.45) is 5.41 Å². The van der Waals surface area contributed by atoms with Crippen LogP contribution in [0, 0.1) is 5.41 Å². The Morgan fingerprint density at radius 3 is 2.78 bits per heavy atom. The highest BCUT2D eigenvalue weighted by atomic mass is 16.2. The molecular weight excluding hydrogens is 286 g/mol. The molecular formula is C19H29N3O. The van der Waals surface area contributed by atoms with Gasteiger partial charge >= 0.3 is 0 Å². The summed E-state index contributed by atoms with van der Waals surface area (Å²) in [5, 5.41) is 3.57. The first-order valence-electron chi connectivity index (χ1n) is 9.06. The quantitative estimate of drug-likeness (QED) is 0.914. The molecule has 1 aliphatic carbocycles. The predicted octanol–water partition coefficient (Wildman–Crippen LogP) is 4.09. The summed E-state index contributed by atoms with van der Waals surface area (Å²) in [4.78, 5) is 19.3. The van der Waals surface area contributed by atoms with Crippen molar-refractivity contribution in [2.75, 3.05) is 18.4 Å². The van der Waals surface area contributed by atoms with Crippen molar-refractivity contribution in [3.05, 3.63) is 23.9 Å². The third-order valence-electron chi connectivity index (χ3n) is 5.23. The van der Waals surface area contributed by atoms with Gasteiger partial charge in [-0.1, -0.05) is 20.3 Å². The number of rotatable bonds is 3. The first-order valence-corrected chi connectivity index (χ1v) is 9.06. The van der Waals surface area contributed by atoms with Crippen molar-refractivity contribution in [1.29, 1.82) is 0 Å². The minimum absolute atomic E-state index is 0.135. The molecule has 2 fully saturated rings. The molecule has 4 nitrogen and oxygen atoms in total. The zero-order chi connectivity index (χ0) is 16.3. The van der Waals surface area contributed by atoms with E-state index < -0.39 is 0 Å². The van der Waals surface area contributed by atoms with Gasteiger partial charge in [0.25, 0.3) is 5.91 Å². The number of aromatic nitrogens is 1. The summed E-state index contributed by atoms with van der Waals surface area (Å²) in [7, 11) is 0. The number of nitrogens with one attached hydrogen (secondary N) is 1. The van der Waals surface area contributed by atoms with Gasteiger partial charge < -0.3 is 10.2 Å². The Bertz CT molecular complexity index is 549. The highest BCUT2D eigenvalue weighted by Gasteiger charge is 2.29. The maximum absolute atomic E-state index is 12.8. The number of likely N-dealkylation sites (tertiary alicyclic amines) is 1. The smallest absolute Gasteiger partial charge is 0.257 e. The number of nitrogens with zero attached hydrogens (tertiary/aromatic N) is 2. The standard InChI is InChI=1S/C19H29N3O/c1-19(2)10-6-8-15(14-19)21-17-16(9-7-11-20-17)18(23)22-12-4-3-5-13-22/h7,9,11,15H,3-6,8,10,12-14H2,1-2H3,(H,20,21). The number of hydrogen-bond donors (Lipinski definition) is 1. The molecule has 2 heterocycles. The SMILES string of the molecule is CC1(C)CCCC(Nc2ncccc2C(=O)N2CCCCC2)C1. The summed E-state index contributed by atoms with van der Waals surface area (Å²) in [5.74, 6) is 0.904. The lowest BCUT2D eigenvalue weighted by molar-refractivity contribution is 0.0725. The van der Waals surface area contributed by atoms with E-state index >= 15 is 0 Å². The van der Waals surface area contributed by atoms with Gasteiger partial charge in [0.2, 0.25) is 0 Å². The Hall–Kier alpha value is -1.58. The van der Waals surface area contributed by atoms with Crippen LogP contribution in [0.3, 0.4) is 0 Å². The van der Waals surface area contributed by atoms with Crippen molar-refractivity contribution in [2.45, 2.75) is 64.8 Å². The van der Waals surface area contributed by atoms with E-state index in [1.807, 2.05) is 17.0 Å². The highest BCUT2D eigenvalue weighted by Crippen LogP contribution is 2.36. The van der Waals surface area contributed by atoms with Gasteiger partial charge in [0.15, 0.2) is 0 Å². The van der Waals surface area contributed by atoms with E-state index in [2.05, 4.69) is 24.1 Å². The van der Waals surface area contributed by atoms with E-state index in [0.29, 0.717) is 11.5 Å². The Labute approximate surface area is 139 Å². The Kier molecular flexibility index (Phi) is 4.88. The van der Waals surface area contributed by atoms with Crippen LogP contribution in [-0.2, 0) is 0 Å². The van der Waals surface area contributed by atoms with E-state index in [1.54, 1.807) is 6.20 Å². The van der Waals surface area contributed by atoms with Crippen LogP contribution in [0.15, 0.2) is 18.3 Å². The number of piperidine rings is 1. The number of hydrogen-bond acceptors (Lipinski definition) is 3. The van der Waals surface area contributed by atoms with Gasteiger partial charge in [0.05, 0.1) is 5.56 Å². The lowest BCUT2D eigenvalue weighted by Crippen LogP contribution is -2.37. The summed E-state index contributed by atoms with van der Waals surface area (Å²) in [6.45, 7) is 6.42. The van der Waals surface area contributed by atoms with Crippen LogP contribution in [0.2, 0.25) is 0 Å². The van der Waals surface area contributed by atoms with Gasteiger partial charge in [-0.15, -0.1) is 0 Å². The minimum atomic E-state index is 0.135. The summed E-state index contributed by atoms with van der Waals surface area (Å²) < 4.78 is 0. The third kappa shape index (κ3) is 4.04. The molecule has 1 N–H and O–H groups in total. The highest BCUT2D eigenvalue weighted by molar-refractivity contribution is 5.98. The maximum Gasteiger partial charge on any atom is 0.257 e. The molecule has 0 spiro atoms. The van der Waals surface area contributed by atoms with Gasteiger partial charge in [0, 0.05) is 25.3 Å². The Morgan fingerprint density at radius 1 is 1.26 bits per heavy atom. The summed E-state index contributed by atoms with van der Waals surface area (Å²) in [6.07, 6.45) is 10.1. The van der Waals surface area contributed by atoms with Gasteiger partial charge in [-0.25, -0.2) is 4.98 Å². The molecule has 1 amide bonds. The van der Waals surface area contributed by atoms with E-state index in [4.69, 9.17) is 0 Å². The van der Waals surface area contributed by atoms with E-state index in [9.17, 15) is 4.79 Å². The van der Waals surface area contributed by atoms with Crippen LogP contribution in [0.4, 0.5) is 5.82 Å². The zero-order valence-electron chi connectivity index (χ0n) is 14.5. The molecule has 4 heteroatoms. The van der Waals surface area contributed by atoms with Crippen molar-refractivity contribution in [3.8, 4) is 0 Å². The summed E-state index contributed by atoms with van der Waals surface area (Å²) >= 11 is 0. The molecule has 1 atom stereocenters. The zero-order valence-corrected chi connectivity index (χ0v) is 14.5. The lowest BCUT2D eigenvalue weighted by Gasteiger charge is -2.36. The molecule has 0 radical (unpaired) electrons. The minimum Gasteiger partial charge on any atom is -0.367 e. The van der Waals surface area contributed by atoms with Gasteiger partial charge in [-0.05, 0) is 56.1 Å². The molecule has 1 saturated carbocycles. The number of carbonyl (C=O) groups is 1. The summed E-state index contributed by atoms with van der Waals surface area (Å²) in [5.41, 5.74) is 1.11. The molecule has 1 unspecified atom stereocenters. The van der Waals surface area contributed by atoms with E-state index in [0.717, 1.165) is 50.2 Å². The van der Waals surface area contributed by atoms with Crippen LogP contribution in [0.5, 0.6) is 0 Å². The fourth-order valence-corrected chi connectivity index (χ4v) is 3.97. The molecule has 2 aliphatic rings. The molecule has 23 heavy (non-hydrogen) atoms. The Balaban J connectivity index is 1.73. The van der Waals surface area contributed by atoms with Crippen LogP contribution < -0.4 is 5.32 Å². The van der Waals surface area contributed by atoms with Crippen molar-refractivity contribution in [3.63, 3.8) is 0 Å². The number of pyridine rings is 1. The second-order valence-electron chi connectivity index (χ2n) is 7.85. The molecule has 3 rings (SSSR count).